The minimum atomic E-state index is -0.368. The number of esters is 1. The molecule has 27 heavy (non-hydrogen) atoms. The molecule has 2 amide bonds. The summed E-state index contributed by atoms with van der Waals surface area (Å²) in [5.41, 5.74) is 2.27. The monoisotopic (exact) mass is 375 g/mol. The summed E-state index contributed by atoms with van der Waals surface area (Å²) in [7, 11) is 1.68. The number of nitrogens with zero attached hydrogens (tertiary/aromatic N) is 1. The van der Waals surface area contributed by atoms with Crippen LogP contribution in [0.25, 0.3) is 0 Å². The van der Waals surface area contributed by atoms with Crippen molar-refractivity contribution in [2.45, 2.75) is 6.92 Å². The normalized spacial score (nSPS) is 18.0. The second kappa shape index (κ2) is 8.77. The number of hydrogen-bond acceptors (Lipinski definition) is 5. The number of ether oxygens (including phenoxy) is 2. The largest absolute Gasteiger partial charge is 0.495 e. The van der Waals surface area contributed by atoms with E-state index in [4.69, 9.17) is 9.47 Å². The fourth-order valence-corrected chi connectivity index (χ4v) is 3.48. The molecule has 0 aliphatic carbocycles. The number of benzene rings is 1. The van der Waals surface area contributed by atoms with Crippen molar-refractivity contribution in [1.82, 2.24) is 10.6 Å². The molecular formula is C19H27N4O4+. The zero-order valence-corrected chi connectivity index (χ0v) is 15.8. The van der Waals surface area contributed by atoms with Crippen molar-refractivity contribution in [2.24, 2.45) is 0 Å². The van der Waals surface area contributed by atoms with Crippen molar-refractivity contribution in [3.8, 4) is 5.75 Å². The van der Waals surface area contributed by atoms with Crippen LogP contribution in [-0.4, -0.2) is 65.0 Å². The highest BCUT2D eigenvalue weighted by atomic mass is 16.5. The van der Waals surface area contributed by atoms with Crippen LogP contribution in [-0.2, 0) is 9.53 Å². The molecule has 0 radical (unpaired) electrons. The number of hydrogen-bond donors (Lipinski definition) is 3. The zero-order valence-electron chi connectivity index (χ0n) is 15.8. The molecule has 1 aromatic rings. The highest BCUT2D eigenvalue weighted by Crippen LogP contribution is 2.27. The highest BCUT2D eigenvalue weighted by molar-refractivity contribution is 5.93. The number of methoxy groups -OCH3 is 1. The van der Waals surface area contributed by atoms with Gasteiger partial charge in [-0.05, 0) is 19.1 Å². The van der Waals surface area contributed by atoms with Gasteiger partial charge in [0, 0.05) is 0 Å². The minimum absolute atomic E-state index is 0.209. The Morgan fingerprint density at radius 1 is 1.26 bits per heavy atom. The summed E-state index contributed by atoms with van der Waals surface area (Å²) in [6.45, 7) is 6.46. The van der Waals surface area contributed by atoms with Crippen LogP contribution >= 0.6 is 0 Å². The van der Waals surface area contributed by atoms with Crippen molar-refractivity contribution in [1.29, 1.82) is 0 Å². The number of nitrogens with one attached hydrogen (secondary N) is 3. The Bertz CT molecular complexity index is 726. The van der Waals surface area contributed by atoms with Crippen LogP contribution in [0, 0.1) is 0 Å². The molecule has 3 rings (SSSR count). The molecular weight excluding hydrogens is 348 g/mol. The Morgan fingerprint density at radius 2 is 2.00 bits per heavy atom. The second-order valence-electron chi connectivity index (χ2n) is 6.57. The van der Waals surface area contributed by atoms with Gasteiger partial charge in [0.1, 0.15) is 12.3 Å². The first-order valence-electron chi connectivity index (χ1n) is 9.28. The molecule has 3 N–H and O–H groups in total. The third-order valence-electron chi connectivity index (χ3n) is 4.90. The smallest absolute Gasteiger partial charge is 0.337 e. The van der Waals surface area contributed by atoms with Gasteiger partial charge in [-0.15, -0.1) is 0 Å². The lowest BCUT2D eigenvalue weighted by molar-refractivity contribution is -0.896. The van der Waals surface area contributed by atoms with Gasteiger partial charge in [0.05, 0.1) is 63.4 Å². The SMILES string of the molecule is CCOC(=O)C1=C(C[NH+]2CCN(c3ccccc3OC)CC2)NC(=O)NC1. The summed E-state index contributed by atoms with van der Waals surface area (Å²) in [5, 5.41) is 5.43. The van der Waals surface area contributed by atoms with Gasteiger partial charge >= 0.3 is 12.0 Å². The van der Waals surface area contributed by atoms with Crippen LogP contribution in [0.1, 0.15) is 6.92 Å². The maximum Gasteiger partial charge on any atom is 0.337 e. The first-order chi connectivity index (χ1) is 13.1. The van der Waals surface area contributed by atoms with Crippen LogP contribution in [0.4, 0.5) is 10.5 Å². The van der Waals surface area contributed by atoms with Gasteiger partial charge in [0.15, 0.2) is 0 Å². The Hall–Kier alpha value is -2.74. The molecule has 2 heterocycles. The molecule has 0 aromatic heterocycles. The van der Waals surface area contributed by atoms with E-state index in [0.717, 1.165) is 37.6 Å². The average Bonchev–Trinajstić information content (AvgIpc) is 2.69. The van der Waals surface area contributed by atoms with Gasteiger partial charge in [-0.2, -0.15) is 0 Å². The lowest BCUT2D eigenvalue weighted by atomic mass is 10.1. The van der Waals surface area contributed by atoms with Gasteiger partial charge in [0.2, 0.25) is 0 Å². The van der Waals surface area contributed by atoms with Gasteiger partial charge < -0.3 is 29.9 Å². The number of anilines is 1. The van der Waals surface area contributed by atoms with Crippen molar-refractivity contribution >= 4 is 17.7 Å². The number of piperazine rings is 1. The van der Waals surface area contributed by atoms with Crippen LogP contribution in [0.5, 0.6) is 5.75 Å². The molecule has 8 nitrogen and oxygen atoms in total. The van der Waals surface area contributed by atoms with E-state index in [-0.39, 0.29) is 18.5 Å². The number of para-hydroxylation sites is 2. The van der Waals surface area contributed by atoms with E-state index < -0.39 is 0 Å². The van der Waals surface area contributed by atoms with E-state index >= 15 is 0 Å². The fourth-order valence-electron chi connectivity index (χ4n) is 3.48. The molecule has 1 saturated heterocycles. The number of carbonyl (C=O) groups is 2. The van der Waals surface area contributed by atoms with E-state index in [0.29, 0.717) is 24.4 Å². The summed E-state index contributed by atoms with van der Waals surface area (Å²) in [6, 6.07) is 7.74. The molecule has 8 heteroatoms. The van der Waals surface area contributed by atoms with Crippen LogP contribution in [0.2, 0.25) is 0 Å². The molecule has 0 atom stereocenters. The third-order valence-corrected chi connectivity index (χ3v) is 4.90. The van der Waals surface area contributed by atoms with E-state index in [9.17, 15) is 9.59 Å². The molecule has 0 saturated carbocycles. The Morgan fingerprint density at radius 3 is 2.70 bits per heavy atom. The number of carbonyl (C=O) groups excluding carboxylic acids is 2. The molecule has 2 aliphatic heterocycles. The first kappa shape index (κ1) is 19.0. The lowest BCUT2D eigenvalue weighted by Gasteiger charge is -2.35. The van der Waals surface area contributed by atoms with E-state index in [1.165, 1.54) is 4.90 Å². The summed E-state index contributed by atoms with van der Waals surface area (Å²) in [4.78, 5) is 27.5. The zero-order chi connectivity index (χ0) is 19.2. The number of amides is 2. The molecule has 0 spiro atoms. The highest BCUT2D eigenvalue weighted by Gasteiger charge is 2.29. The number of urea groups is 1. The molecule has 1 fully saturated rings. The topological polar surface area (TPSA) is 84.3 Å². The first-order valence-corrected chi connectivity index (χ1v) is 9.28. The lowest BCUT2D eigenvalue weighted by Crippen LogP contribution is -3.15. The predicted molar refractivity (Wildman–Crippen MR) is 101 cm³/mol. The quantitative estimate of drug-likeness (QED) is 0.586. The van der Waals surface area contributed by atoms with Crippen LogP contribution in [0.15, 0.2) is 35.5 Å². The number of rotatable bonds is 6. The molecule has 146 valence electrons. The van der Waals surface area contributed by atoms with E-state index in [1.54, 1.807) is 14.0 Å². The van der Waals surface area contributed by atoms with Gasteiger partial charge in [-0.1, -0.05) is 12.1 Å². The third kappa shape index (κ3) is 4.51. The fraction of sp³-hybridized carbons (Fsp3) is 0.474. The van der Waals surface area contributed by atoms with Gasteiger partial charge in [0.25, 0.3) is 0 Å². The van der Waals surface area contributed by atoms with E-state index in [1.807, 2.05) is 18.2 Å². The van der Waals surface area contributed by atoms with Crippen molar-refractivity contribution < 1.29 is 24.0 Å². The summed E-state index contributed by atoms with van der Waals surface area (Å²) in [5.74, 6) is 0.505. The molecule has 1 aromatic carbocycles. The molecule has 2 aliphatic rings. The summed E-state index contributed by atoms with van der Waals surface area (Å²) < 4.78 is 10.6. The standard InChI is InChI=1S/C19H26N4O4/c1-3-27-18(24)14-12-20-19(25)21-15(14)13-22-8-10-23(11-9-22)16-6-4-5-7-17(16)26-2/h4-7H,3,8-13H2,1-2H3,(H2,20,21,25)/p+1. The van der Waals surface area contributed by atoms with Crippen molar-refractivity contribution in [3.63, 3.8) is 0 Å². The van der Waals surface area contributed by atoms with Gasteiger partial charge in [-0.3, -0.25) is 0 Å². The van der Waals surface area contributed by atoms with E-state index in [2.05, 4.69) is 21.6 Å². The summed E-state index contributed by atoms with van der Waals surface area (Å²) in [6.07, 6.45) is 0. The van der Waals surface area contributed by atoms with Crippen molar-refractivity contribution in [2.75, 3.05) is 57.9 Å². The predicted octanol–water partition coefficient (Wildman–Crippen LogP) is -0.470. The molecule has 0 bridgehead atoms. The minimum Gasteiger partial charge on any atom is -0.495 e. The maximum atomic E-state index is 12.2. The van der Waals surface area contributed by atoms with Crippen LogP contribution in [0.3, 0.4) is 0 Å². The van der Waals surface area contributed by atoms with Gasteiger partial charge in [-0.25, -0.2) is 9.59 Å². The Balaban J connectivity index is 1.65. The van der Waals surface area contributed by atoms with Crippen LogP contribution < -0.4 is 25.2 Å². The Kier molecular flexibility index (Phi) is 6.18. The second-order valence-corrected chi connectivity index (χ2v) is 6.57. The van der Waals surface area contributed by atoms with Crippen molar-refractivity contribution in [3.05, 3.63) is 35.5 Å². The average molecular weight is 375 g/mol. The summed E-state index contributed by atoms with van der Waals surface area (Å²) >= 11 is 0. The molecule has 0 unspecified atom stereocenters. The number of quaternary nitrogens is 1. The maximum absolute atomic E-state index is 12.2. The Labute approximate surface area is 159 Å².